The van der Waals surface area contributed by atoms with E-state index < -0.39 is 5.97 Å². The molecule has 4 N–H and O–H groups in total. The summed E-state index contributed by atoms with van der Waals surface area (Å²) in [6.45, 7) is 11.1. The Balaban J connectivity index is 2.86. The number of carbonyl (C=O) groups is 1. The van der Waals surface area contributed by atoms with Gasteiger partial charge in [0.2, 0.25) is 0 Å². The maximum atomic E-state index is 10.7. The van der Waals surface area contributed by atoms with Gasteiger partial charge in [-0.15, -0.1) is 0 Å². The lowest BCUT2D eigenvalue weighted by Gasteiger charge is -2.13. The highest BCUT2D eigenvalue weighted by molar-refractivity contribution is 8.04. The van der Waals surface area contributed by atoms with Gasteiger partial charge < -0.3 is 20.0 Å². The van der Waals surface area contributed by atoms with E-state index in [-0.39, 0.29) is 24.4 Å². The third-order valence-corrected chi connectivity index (χ3v) is 3.54. The van der Waals surface area contributed by atoms with Crippen LogP contribution in [0.4, 0.5) is 5.69 Å². The fourth-order valence-corrected chi connectivity index (χ4v) is 2.28. The minimum atomic E-state index is -0.909. The molecule has 0 unspecified atom stereocenters. The van der Waals surface area contributed by atoms with E-state index in [1.165, 1.54) is 36.2 Å². The summed E-state index contributed by atoms with van der Waals surface area (Å²) < 4.78 is 3.05. The van der Waals surface area contributed by atoms with Crippen LogP contribution in [0, 0.1) is 0 Å². The van der Waals surface area contributed by atoms with E-state index in [2.05, 4.69) is 24.5 Å². The van der Waals surface area contributed by atoms with E-state index in [1.54, 1.807) is 6.07 Å². The maximum Gasteiger partial charge on any atom is 0.303 e. The van der Waals surface area contributed by atoms with Gasteiger partial charge in [-0.25, -0.2) is 0 Å². The number of aliphatic hydroxyl groups excluding tert-OH is 1. The number of carboxylic acid groups (broad SMARTS) is 1. The minimum absolute atomic E-state index is 0.00102. The molecule has 0 saturated heterocycles. The van der Waals surface area contributed by atoms with Gasteiger partial charge in [0.05, 0.1) is 5.69 Å². The number of hydrogen-bond acceptors (Lipinski definition) is 5. The molecular formula is C17H19NO4S. The van der Waals surface area contributed by atoms with Crippen molar-refractivity contribution in [2.75, 3.05) is 4.72 Å². The second kappa shape index (κ2) is 8.75. The zero-order chi connectivity index (χ0) is 17.4. The van der Waals surface area contributed by atoms with E-state index >= 15 is 0 Å². The Kier molecular flexibility index (Phi) is 7.02. The summed E-state index contributed by atoms with van der Waals surface area (Å²) >= 11 is 1.17. The van der Waals surface area contributed by atoms with Crippen molar-refractivity contribution in [2.45, 2.75) is 12.8 Å². The molecule has 0 aliphatic rings. The maximum absolute atomic E-state index is 10.7. The van der Waals surface area contributed by atoms with Crippen molar-refractivity contribution in [2.24, 2.45) is 0 Å². The molecule has 0 atom stereocenters. The van der Waals surface area contributed by atoms with Crippen molar-refractivity contribution in [3.63, 3.8) is 0 Å². The van der Waals surface area contributed by atoms with Crippen molar-refractivity contribution in [1.29, 1.82) is 0 Å². The Labute approximate surface area is 139 Å². The molecular weight excluding hydrogens is 314 g/mol. The van der Waals surface area contributed by atoms with Crippen LogP contribution in [0.15, 0.2) is 60.8 Å². The quantitative estimate of drug-likeness (QED) is 0.231. The number of aliphatic carboxylic acids is 1. The number of nitrogens with one attached hydrogen (secondary N) is 1. The van der Waals surface area contributed by atoms with Gasteiger partial charge >= 0.3 is 5.97 Å². The van der Waals surface area contributed by atoms with Crippen molar-refractivity contribution < 1.29 is 20.1 Å². The normalized spacial score (nSPS) is 10.9. The van der Waals surface area contributed by atoms with Crippen molar-refractivity contribution >= 4 is 29.2 Å². The summed E-state index contributed by atoms with van der Waals surface area (Å²) in [6.07, 6.45) is 2.98. The summed E-state index contributed by atoms with van der Waals surface area (Å²) in [6, 6.07) is 4.69. The second-order valence-electron chi connectivity index (χ2n) is 4.67. The Morgan fingerprint density at radius 1 is 1.26 bits per heavy atom. The predicted octanol–water partition coefficient (Wildman–Crippen LogP) is 4.47. The van der Waals surface area contributed by atoms with Gasteiger partial charge in [-0.1, -0.05) is 19.7 Å². The van der Waals surface area contributed by atoms with Crippen molar-refractivity contribution in [3.8, 4) is 5.75 Å². The molecule has 0 radical (unpaired) electrons. The first-order valence-electron chi connectivity index (χ1n) is 6.71. The SMILES string of the molecule is C=C/C(O)=C\C(=C)SNc1ccc(O)cc1C(=C)CCC(=O)O. The summed E-state index contributed by atoms with van der Waals surface area (Å²) in [4.78, 5) is 11.2. The molecule has 0 fully saturated rings. The number of benzene rings is 1. The molecule has 0 aliphatic carbocycles. The first-order chi connectivity index (χ1) is 10.8. The minimum Gasteiger partial charge on any atom is -0.508 e. The molecule has 0 heterocycles. The Morgan fingerprint density at radius 3 is 2.57 bits per heavy atom. The number of phenols is 1. The van der Waals surface area contributed by atoms with Gasteiger partial charge in [0.25, 0.3) is 0 Å². The number of rotatable bonds is 9. The predicted molar refractivity (Wildman–Crippen MR) is 95.3 cm³/mol. The first kappa shape index (κ1) is 18.4. The zero-order valence-electron chi connectivity index (χ0n) is 12.6. The van der Waals surface area contributed by atoms with E-state index in [0.29, 0.717) is 21.7 Å². The molecule has 1 rings (SSSR count). The highest BCUT2D eigenvalue weighted by atomic mass is 32.2. The second-order valence-corrected chi connectivity index (χ2v) is 5.60. The molecule has 0 amide bonds. The molecule has 23 heavy (non-hydrogen) atoms. The van der Waals surface area contributed by atoms with Crippen LogP contribution < -0.4 is 4.72 Å². The lowest BCUT2D eigenvalue weighted by molar-refractivity contribution is -0.136. The highest BCUT2D eigenvalue weighted by Gasteiger charge is 2.10. The zero-order valence-corrected chi connectivity index (χ0v) is 13.4. The third kappa shape index (κ3) is 6.36. The number of hydrogen-bond donors (Lipinski definition) is 4. The van der Waals surface area contributed by atoms with Crippen LogP contribution in [0.3, 0.4) is 0 Å². The topological polar surface area (TPSA) is 89.8 Å². The molecule has 0 spiro atoms. The van der Waals surface area contributed by atoms with Gasteiger partial charge in [0.1, 0.15) is 11.5 Å². The molecule has 0 saturated carbocycles. The fourth-order valence-electron chi connectivity index (χ4n) is 1.68. The smallest absolute Gasteiger partial charge is 0.303 e. The third-order valence-electron chi connectivity index (χ3n) is 2.83. The highest BCUT2D eigenvalue weighted by Crippen LogP contribution is 2.32. The molecule has 0 bridgehead atoms. The van der Waals surface area contributed by atoms with E-state index in [4.69, 9.17) is 5.11 Å². The number of aliphatic hydroxyl groups is 1. The summed E-state index contributed by atoms with van der Waals surface area (Å²) in [7, 11) is 0. The number of aromatic hydroxyl groups is 1. The molecule has 1 aromatic rings. The number of allylic oxidation sites excluding steroid dienone is 3. The first-order valence-corrected chi connectivity index (χ1v) is 7.53. The Morgan fingerprint density at radius 2 is 1.96 bits per heavy atom. The van der Waals surface area contributed by atoms with Gasteiger partial charge in [0.15, 0.2) is 0 Å². The lowest BCUT2D eigenvalue weighted by atomic mass is 10.0. The van der Waals surface area contributed by atoms with Gasteiger partial charge in [-0.3, -0.25) is 4.79 Å². The molecule has 0 aromatic heterocycles. The standard InChI is InChI=1S/C17H19NO4S/c1-4-13(19)9-12(3)23-18-16-7-6-14(20)10-15(16)11(2)5-8-17(21)22/h4,6-7,9-10,18-20H,1-3,5,8H2,(H,21,22)/b13-9+. The van der Waals surface area contributed by atoms with Crippen LogP contribution in [0.25, 0.3) is 5.57 Å². The van der Waals surface area contributed by atoms with Crippen molar-refractivity contribution in [1.82, 2.24) is 0 Å². The summed E-state index contributed by atoms with van der Waals surface area (Å²) in [5.41, 5.74) is 1.89. The summed E-state index contributed by atoms with van der Waals surface area (Å²) in [5.74, 6) is -0.843. The number of phenolic OH excluding ortho intramolecular Hbond substituents is 1. The van der Waals surface area contributed by atoms with Crippen LogP contribution in [0.2, 0.25) is 0 Å². The van der Waals surface area contributed by atoms with Crippen LogP contribution in [-0.4, -0.2) is 21.3 Å². The Bertz CT molecular complexity index is 665. The monoisotopic (exact) mass is 333 g/mol. The molecule has 5 nitrogen and oxygen atoms in total. The largest absolute Gasteiger partial charge is 0.508 e. The van der Waals surface area contributed by atoms with Crippen LogP contribution in [-0.2, 0) is 4.79 Å². The van der Waals surface area contributed by atoms with Crippen LogP contribution in [0.5, 0.6) is 5.75 Å². The van der Waals surface area contributed by atoms with E-state index in [9.17, 15) is 15.0 Å². The molecule has 6 heteroatoms. The van der Waals surface area contributed by atoms with E-state index in [1.807, 2.05) is 0 Å². The van der Waals surface area contributed by atoms with Crippen LogP contribution in [0.1, 0.15) is 18.4 Å². The van der Waals surface area contributed by atoms with Crippen LogP contribution >= 0.6 is 11.9 Å². The van der Waals surface area contributed by atoms with E-state index in [0.717, 1.165) is 0 Å². The summed E-state index contributed by atoms with van der Waals surface area (Å²) in [5, 5.41) is 27.8. The molecule has 122 valence electrons. The Hall–Kier alpha value is -2.60. The average molecular weight is 333 g/mol. The number of carboxylic acids is 1. The lowest BCUT2D eigenvalue weighted by Crippen LogP contribution is -1.97. The molecule has 1 aromatic carbocycles. The number of anilines is 1. The fraction of sp³-hybridized carbons (Fsp3) is 0.118. The average Bonchev–Trinajstić information content (AvgIpc) is 2.51. The van der Waals surface area contributed by atoms with Gasteiger partial charge in [0, 0.05) is 16.9 Å². The molecule has 0 aliphatic heterocycles. The van der Waals surface area contributed by atoms with Gasteiger partial charge in [-0.05, 0) is 54.3 Å². The van der Waals surface area contributed by atoms with Crippen molar-refractivity contribution in [3.05, 3.63) is 66.3 Å². The van der Waals surface area contributed by atoms with Gasteiger partial charge in [-0.2, -0.15) is 0 Å².